The lowest BCUT2D eigenvalue weighted by atomic mass is 10.2. The molecule has 25 heavy (non-hydrogen) atoms. The van der Waals surface area contributed by atoms with Crippen molar-refractivity contribution in [1.29, 1.82) is 0 Å². The zero-order chi connectivity index (χ0) is 18.0. The van der Waals surface area contributed by atoms with Gasteiger partial charge in [-0.3, -0.25) is 4.79 Å². The number of thiophene rings is 1. The first-order valence-corrected chi connectivity index (χ1v) is 8.32. The molecule has 3 aromatic heterocycles. The average molecular weight is 361 g/mol. The van der Waals surface area contributed by atoms with Crippen LogP contribution in [0.2, 0.25) is 0 Å². The van der Waals surface area contributed by atoms with Gasteiger partial charge in [-0.15, -0.1) is 11.3 Å². The first-order chi connectivity index (χ1) is 12.0. The molecule has 2 N–H and O–H groups in total. The predicted molar refractivity (Wildman–Crippen MR) is 90.8 cm³/mol. The largest absolute Gasteiger partial charge is 0.462 e. The standard InChI is InChI=1S/C16H15N3O5S/c1-3-23-16(22)12-8(2)11-13(20)18-10(19-14(11)25-12)7-24-15(21)9-5-4-6-17-9/h4-6,17H,3,7H2,1-2H3,(H,18,19,20). The van der Waals surface area contributed by atoms with Crippen molar-refractivity contribution in [3.63, 3.8) is 0 Å². The monoisotopic (exact) mass is 361 g/mol. The van der Waals surface area contributed by atoms with Crippen LogP contribution in [0.25, 0.3) is 10.2 Å². The van der Waals surface area contributed by atoms with E-state index in [1.165, 1.54) is 0 Å². The Balaban J connectivity index is 1.87. The van der Waals surface area contributed by atoms with Gasteiger partial charge < -0.3 is 19.4 Å². The van der Waals surface area contributed by atoms with Crippen LogP contribution in [0.5, 0.6) is 0 Å². The Morgan fingerprint density at radius 3 is 2.76 bits per heavy atom. The van der Waals surface area contributed by atoms with Gasteiger partial charge >= 0.3 is 11.9 Å². The SMILES string of the molecule is CCOC(=O)c1sc2nc(COC(=O)c3ccc[nH]3)[nH]c(=O)c2c1C. The number of fused-ring (bicyclic) bond motifs is 1. The number of carbonyl (C=O) groups excluding carboxylic acids is 2. The molecule has 0 spiro atoms. The van der Waals surface area contributed by atoms with E-state index in [-0.39, 0.29) is 24.6 Å². The first kappa shape index (κ1) is 16.9. The van der Waals surface area contributed by atoms with Crippen LogP contribution in [-0.4, -0.2) is 33.5 Å². The molecule has 0 saturated heterocycles. The van der Waals surface area contributed by atoms with Crippen molar-refractivity contribution in [3.8, 4) is 0 Å². The molecule has 0 saturated carbocycles. The van der Waals surface area contributed by atoms with Crippen LogP contribution in [0.15, 0.2) is 23.1 Å². The number of aryl methyl sites for hydroxylation is 1. The van der Waals surface area contributed by atoms with E-state index < -0.39 is 11.9 Å². The molecule has 0 fully saturated rings. The Labute approximate surface area is 145 Å². The fourth-order valence-corrected chi connectivity index (χ4v) is 3.41. The Hall–Kier alpha value is -2.94. The maximum Gasteiger partial charge on any atom is 0.355 e. The van der Waals surface area contributed by atoms with Gasteiger partial charge in [0.25, 0.3) is 5.56 Å². The van der Waals surface area contributed by atoms with Gasteiger partial charge in [0.1, 0.15) is 27.8 Å². The number of rotatable bonds is 5. The molecule has 3 aromatic rings. The number of nitrogens with one attached hydrogen (secondary N) is 2. The van der Waals surface area contributed by atoms with Crippen LogP contribution in [0.3, 0.4) is 0 Å². The summed E-state index contributed by atoms with van der Waals surface area (Å²) in [6.45, 7) is 3.44. The first-order valence-electron chi connectivity index (χ1n) is 7.51. The Morgan fingerprint density at radius 2 is 2.08 bits per heavy atom. The topological polar surface area (TPSA) is 114 Å². The number of aromatic amines is 2. The van der Waals surface area contributed by atoms with Crippen molar-refractivity contribution < 1.29 is 19.1 Å². The van der Waals surface area contributed by atoms with Gasteiger partial charge in [-0.2, -0.15) is 0 Å². The molecule has 0 atom stereocenters. The number of hydrogen-bond acceptors (Lipinski definition) is 7. The van der Waals surface area contributed by atoms with E-state index in [1.54, 1.807) is 32.2 Å². The summed E-state index contributed by atoms with van der Waals surface area (Å²) >= 11 is 1.08. The lowest BCUT2D eigenvalue weighted by Crippen LogP contribution is -2.14. The number of ether oxygens (including phenoxy) is 2. The highest BCUT2D eigenvalue weighted by Gasteiger charge is 2.20. The van der Waals surface area contributed by atoms with E-state index >= 15 is 0 Å². The van der Waals surface area contributed by atoms with Crippen molar-refractivity contribution >= 4 is 33.5 Å². The highest BCUT2D eigenvalue weighted by Crippen LogP contribution is 2.27. The summed E-state index contributed by atoms with van der Waals surface area (Å²) in [6.07, 6.45) is 1.61. The highest BCUT2D eigenvalue weighted by atomic mass is 32.1. The molecule has 0 aromatic carbocycles. The van der Waals surface area contributed by atoms with Gasteiger partial charge in [-0.25, -0.2) is 14.6 Å². The Bertz CT molecular complexity index is 987. The number of hydrogen-bond donors (Lipinski definition) is 2. The molecule has 3 heterocycles. The molecule has 8 nitrogen and oxygen atoms in total. The molecular weight excluding hydrogens is 346 g/mol. The van der Waals surface area contributed by atoms with E-state index in [0.717, 1.165) is 11.3 Å². The molecule has 0 aliphatic carbocycles. The van der Waals surface area contributed by atoms with Crippen molar-refractivity contribution in [2.75, 3.05) is 6.61 Å². The fraction of sp³-hybridized carbons (Fsp3) is 0.250. The summed E-state index contributed by atoms with van der Waals surface area (Å²) in [5.41, 5.74) is 0.447. The van der Waals surface area contributed by atoms with Gasteiger partial charge in [0.2, 0.25) is 0 Å². The molecule has 0 amide bonds. The van der Waals surface area contributed by atoms with Crippen molar-refractivity contribution in [2.24, 2.45) is 0 Å². The van der Waals surface area contributed by atoms with Gasteiger partial charge in [-0.05, 0) is 31.5 Å². The van der Waals surface area contributed by atoms with E-state index in [2.05, 4.69) is 15.0 Å². The van der Waals surface area contributed by atoms with E-state index in [4.69, 9.17) is 9.47 Å². The second-order valence-electron chi connectivity index (χ2n) is 5.13. The Morgan fingerprint density at radius 1 is 1.28 bits per heavy atom. The fourth-order valence-electron chi connectivity index (χ4n) is 2.32. The second-order valence-corrected chi connectivity index (χ2v) is 6.13. The third-order valence-corrected chi connectivity index (χ3v) is 4.63. The summed E-state index contributed by atoms with van der Waals surface area (Å²) in [6, 6.07) is 3.25. The van der Waals surface area contributed by atoms with Gasteiger partial charge in [0.15, 0.2) is 0 Å². The molecule has 0 radical (unpaired) electrons. The number of carbonyl (C=O) groups is 2. The molecule has 0 bridgehead atoms. The third kappa shape index (κ3) is 3.31. The lowest BCUT2D eigenvalue weighted by molar-refractivity contribution is 0.0455. The summed E-state index contributed by atoms with van der Waals surface area (Å²) in [7, 11) is 0. The molecule has 130 valence electrons. The van der Waals surface area contributed by atoms with Crippen molar-refractivity contribution in [2.45, 2.75) is 20.5 Å². The number of H-pyrrole nitrogens is 2. The number of aromatic nitrogens is 3. The van der Waals surface area contributed by atoms with Crippen LogP contribution in [0.4, 0.5) is 0 Å². The molecule has 0 unspecified atom stereocenters. The van der Waals surface area contributed by atoms with Gasteiger partial charge in [0, 0.05) is 6.20 Å². The van der Waals surface area contributed by atoms with E-state index in [0.29, 0.717) is 26.4 Å². The molecular formula is C16H15N3O5S. The van der Waals surface area contributed by atoms with E-state index in [9.17, 15) is 14.4 Å². The minimum atomic E-state index is -0.553. The second kappa shape index (κ2) is 6.89. The van der Waals surface area contributed by atoms with Crippen LogP contribution in [0.1, 0.15) is 38.5 Å². The lowest BCUT2D eigenvalue weighted by Gasteiger charge is -2.03. The van der Waals surface area contributed by atoms with Crippen molar-refractivity contribution in [3.05, 3.63) is 50.6 Å². The Kier molecular flexibility index (Phi) is 4.66. The van der Waals surface area contributed by atoms with Crippen LogP contribution < -0.4 is 5.56 Å². The normalized spacial score (nSPS) is 10.8. The van der Waals surface area contributed by atoms with Crippen LogP contribution in [-0.2, 0) is 16.1 Å². The maximum atomic E-state index is 12.3. The number of esters is 2. The minimum absolute atomic E-state index is 0.186. The molecule has 0 aliphatic rings. The molecule has 0 aliphatic heterocycles. The zero-order valence-corrected chi connectivity index (χ0v) is 14.4. The smallest absolute Gasteiger partial charge is 0.355 e. The molecule has 3 rings (SSSR count). The average Bonchev–Trinajstić information content (AvgIpc) is 3.21. The third-order valence-electron chi connectivity index (χ3n) is 3.47. The van der Waals surface area contributed by atoms with Crippen LogP contribution in [0, 0.1) is 6.92 Å². The van der Waals surface area contributed by atoms with Crippen molar-refractivity contribution in [1.82, 2.24) is 15.0 Å². The molecule has 9 heteroatoms. The summed E-state index contributed by atoms with van der Waals surface area (Å²) in [5, 5.41) is 0.340. The summed E-state index contributed by atoms with van der Waals surface area (Å²) in [4.78, 5) is 46.4. The zero-order valence-electron chi connectivity index (χ0n) is 13.5. The van der Waals surface area contributed by atoms with Gasteiger partial charge in [-0.1, -0.05) is 0 Å². The maximum absolute atomic E-state index is 12.3. The minimum Gasteiger partial charge on any atom is -0.462 e. The number of nitrogens with zero attached hydrogens (tertiary/aromatic N) is 1. The van der Waals surface area contributed by atoms with E-state index in [1.807, 2.05) is 0 Å². The highest BCUT2D eigenvalue weighted by molar-refractivity contribution is 7.20. The summed E-state index contributed by atoms with van der Waals surface area (Å²) < 4.78 is 10.1. The van der Waals surface area contributed by atoms with Gasteiger partial charge in [0.05, 0.1) is 12.0 Å². The van der Waals surface area contributed by atoms with Crippen LogP contribution >= 0.6 is 11.3 Å². The quantitative estimate of drug-likeness (QED) is 0.673. The predicted octanol–water partition coefficient (Wildman–Crippen LogP) is 2.15. The summed E-state index contributed by atoms with van der Waals surface area (Å²) in [5.74, 6) is -0.835.